The molecular weight excluding hydrogens is 285 g/mol. The smallest absolute Gasteiger partial charge is 0.433 e. The minimum absolute atomic E-state index is 0.158. The third-order valence-electron chi connectivity index (χ3n) is 3.21. The highest BCUT2D eigenvalue weighted by Crippen LogP contribution is 2.35. The van der Waals surface area contributed by atoms with Crippen LogP contribution >= 0.6 is 0 Å². The van der Waals surface area contributed by atoms with Crippen LogP contribution in [0, 0.1) is 0 Å². The zero-order chi connectivity index (χ0) is 15.0. The first-order valence-electron chi connectivity index (χ1n) is 6.44. The van der Waals surface area contributed by atoms with Crippen molar-refractivity contribution in [3.05, 3.63) is 35.9 Å². The Kier molecular flexibility index (Phi) is 3.23. The number of halogens is 3. The number of rotatable bonds is 4. The number of nitrogens with two attached hydrogens (primary N) is 1. The highest BCUT2D eigenvalue weighted by molar-refractivity contribution is 5.46. The van der Waals surface area contributed by atoms with Gasteiger partial charge in [0.15, 0.2) is 5.69 Å². The Bertz CT molecular complexity index is 623. The van der Waals surface area contributed by atoms with Crippen molar-refractivity contribution in [3.8, 4) is 0 Å². The fraction of sp³-hybridized carbons (Fsp3) is 0.385. The molecule has 2 aromatic rings. The van der Waals surface area contributed by atoms with Gasteiger partial charge in [0, 0.05) is 12.1 Å². The van der Waals surface area contributed by atoms with Gasteiger partial charge in [0.1, 0.15) is 11.6 Å². The minimum Gasteiger partial charge on any atom is -0.467 e. The van der Waals surface area contributed by atoms with E-state index < -0.39 is 11.9 Å². The molecule has 0 saturated heterocycles. The Balaban J connectivity index is 1.94. The largest absolute Gasteiger partial charge is 0.467 e. The molecule has 112 valence electrons. The summed E-state index contributed by atoms with van der Waals surface area (Å²) in [6.45, 7) is 0.353. The Morgan fingerprint density at radius 2 is 2.10 bits per heavy atom. The van der Waals surface area contributed by atoms with Crippen LogP contribution < -0.4 is 10.6 Å². The van der Waals surface area contributed by atoms with Gasteiger partial charge in [0.2, 0.25) is 5.95 Å². The predicted molar refractivity (Wildman–Crippen MR) is 69.4 cm³/mol. The van der Waals surface area contributed by atoms with Crippen molar-refractivity contribution in [3.63, 3.8) is 0 Å². The molecule has 2 heterocycles. The number of furan rings is 1. The molecule has 1 aliphatic rings. The fourth-order valence-electron chi connectivity index (χ4n) is 2.10. The molecular formula is C13H13F3N4O. The third kappa shape index (κ3) is 3.09. The van der Waals surface area contributed by atoms with Gasteiger partial charge in [-0.2, -0.15) is 18.2 Å². The number of aromatic nitrogens is 2. The standard InChI is InChI=1S/C13H13F3N4O/c14-13(15,16)10-6-11(19-12(17)18-10)20(8-3-4-8)7-9-2-1-5-21-9/h1-2,5-6,8H,3-4,7H2,(H2,17,18,19). The summed E-state index contributed by atoms with van der Waals surface area (Å²) < 4.78 is 43.7. The second kappa shape index (κ2) is 4.94. The lowest BCUT2D eigenvalue weighted by Gasteiger charge is -2.23. The average molecular weight is 298 g/mol. The monoisotopic (exact) mass is 298 g/mol. The van der Waals surface area contributed by atoms with E-state index in [0.29, 0.717) is 12.3 Å². The second-order valence-electron chi connectivity index (χ2n) is 4.91. The summed E-state index contributed by atoms with van der Waals surface area (Å²) in [5, 5.41) is 0. The summed E-state index contributed by atoms with van der Waals surface area (Å²) in [5.41, 5.74) is 4.38. The van der Waals surface area contributed by atoms with E-state index in [9.17, 15) is 13.2 Å². The molecule has 8 heteroatoms. The molecule has 0 unspecified atom stereocenters. The number of alkyl halides is 3. The van der Waals surface area contributed by atoms with Crippen molar-refractivity contribution in [2.75, 3.05) is 10.6 Å². The first-order valence-corrected chi connectivity index (χ1v) is 6.44. The van der Waals surface area contributed by atoms with Crippen LogP contribution in [0.2, 0.25) is 0 Å². The molecule has 0 aliphatic heterocycles. The van der Waals surface area contributed by atoms with E-state index in [-0.39, 0.29) is 17.8 Å². The van der Waals surface area contributed by atoms with Crippen molar-refractivity contribution in [1.82, 2.24) is 9.97 Å². The summed E-state index contributed by atoms with van der Waals surface area (Å²) >= 11 is 0. The summed E-state index contributed by atoms with van der Waals surface area (Å²) in [7, 11) is 0. The lowest BCUT2D eigenvalue weighted by atomic mass is 10.3. The molecule has 2 aromatic heterocycles. The average Bonchev–Trinajstić information content (AvgIpc) is 3.11. The predicted octanol–water partition coefficient (Wildman–Crippen LogP) is 2.84. The van der Waals surface area contributed by atoms with Crippen LogP contribution in [0.1, 0.15) is 24.3 Å². The first kappa shape index (κ1) is 13.7. The summed E-state index contributed by atoms with van der Waals surface area (Å²) in [4.78, 5) is 8.97. The molecule has 0 atom stereocenters. The normalized spacial score (nSPS) is 15.2. The molecule has 1 saturated carbocycles. The Morgan fingerprint density at radius 1 is 1.33 bits per heavy atom. The zero-order valence-electron chi connectivity index (χ0n) is 11.0. The fourth-order valence-corrected chi connectivity index (χ4v) is 2.10. The molecule has 0 aromatic carbocycles. The maximum absolute atomic E-state index is 12.8. The quantitative estimate of drug-likeness (QED) is 0.940. The lowest BCUT2D eigenvalue weighted by Crippen LogP contribution is -2.27. The second-order valence-corrected chi connectivity index (χ2v) is 4.91. The molecule has 5 nitrogen and oxygen atoms in total. The van der Waals surface area contributed by atoms with Crippen molar-refractivity contribution < 1.29 is 17.6 Å². The topological polar surface area (TPSA) is 68.2 Å². The SMILES string of the molecule is Nc1nc(N(Cc2ccco2)C2CC2)cc(C(F)(F)F)n1. The highest BCUT2D eigenvalue weighted by atomic mass is 19.4. The van der Waals surface area contributed by atoms with Crippen LogP contribution in [0.3, 0.4) is 0 Å². The maximum atomic E-state index is 12.8. The van der Waals surface area contributed by atoms with E-state index in [2.05, 4.69) is 9.97 Å². The van der Waals surface area contributed by atoms with Gasteiger partial charge < -0.3 is 15.1 Å². The van der Waals surface area contributed by atoms with Gasteiger partial charge in [-0.15, -0.1) is 0 Å². The number of nitrogens with zero attached hydrogens (tertiary/aromatic N) is 3. The molecule has 21 heavy (non-hydrogen) atoms. The van der Waals surface area contributed by atoms with Crippen LogP contribution in [-0.2, 0) is 12.7 Å². The van der Waals surface area contributed by atoms with Gasteiger partial charge in [0.25, 0.3) is 0 Å². The van der Waals surface area contributed by atoms with Crippen LogP contribution in [0.5, 0.6) is 0 Å². The van der Waals surface area contributed by atoms with Crippen molar-refractivity contribution in [2.45, 2.75) is 31.6 Å². The van der Waals surface area contributed by atoms with Crippen molar-refractivity contribution >= 4 is 11.8 Å². The highest BCUT2D eigenvalue weighted by Gasteiger charge is 2.36. The maximum Gasteiger partial charge on any atom is 0.433 e. The molecule has 1 fully saturated rings. The van der Waals surface area contributed by atoms with E-state index in [1.807, 2.05) is 0 Å². The van der Waals surface area contributed by atoms with Crippen molar-refractivity contribution in [1.29, 1.82) is 0 Å². The number of hydrogen-bond acceptors (Lipinski definition) is 5. The van der Waals surface area contributed by atoms with E-state index in [1.165, 1.54) is 6.26 Å². The van der Waals surface area contributed by atoms with Gasteiger partial charge in [-0.1, -0.05) is 0 Å². The van der Waals surface area contributed by atoms with Gasteiger partial charge in [-0.25, -0.2) is 4.98 Å². The Labute approximate surface area is 118 Å². The number of hydrogen-bond donors (Lipinski definition) is 1. The van der Waals surface area contributed by atoms with E-state index >= 15 is 0 Å². The number of nitrogen functional groups attached to an aromatic ring is 1. The Hall–Kier alpha value is -2.25. The molecule has 2 N–H and O–H groups in total. The first-order chi connectivity index (χ1) is 9.93. The Morgan fingerprint density at radius 3 is 2.67 bits per heavy atom. The van der Waals surface area contributed by atoms with Crippen LogP contribution in [-0.4, -0.2) is 16.0 Å². The summed E-state index contributed by atoms with van der Waals surface area (Å²) in [5.74, 6) is 0.450. The summed E-state index contributed by atoms with van der Waals surface area (Å²) in [6, 6.07) is 4.59. The summed E-state index contributed by atoms with van der Waals surface area (Å²) in [6.07, 6.45) is -1.21. The van der Waals surface area contributed by atoms with E-state index in [4.69, 9.17) is 10.2 Å². The van der Waals surface area contributed by atoms with E-state index in [1.54, 1.807) is 17.0 Å². The lowest BCUT2D eigenvalue weighted by molar-refractivity contribution is -0.141. The molecule has 0 spiro atoms. The number of anilines is 2. The molecule has 3 rings (SSSR count). The van der Waals surface area contributed by atoms with Crippen LogP contribution in [0.15, 0.2) is 28.9 Å². The van der Waals surface area contributed by atoms with Crippen LogP contribution in [0.25, 0.3) is 0 Å². The molecule has 0 amide bonds. The molecule has 0 radical (unpaired) electrons. The zero-order valence-corrected chi connectivity index (χ0v) is 11.0. The minimum atomic E-state index is -4.55. The van der Waals surface area contributed by atoms with Gasteiger partial charge in [-0.3, -0.25) is 0 Å². The molecule has 1 aliphatic carbocycles. The molecule has 0 bridgehead atoms. The van der Waals surface area contributed by atoms with Gasteiger partial charge >= 0.3 is 6.18 Å². The van der Waals surface area contributed by atoms with Crippen molar-refractivity contribution in [2.24, 2.45) is 0 Å². The van der Waals surface area contributed by atoms with Crippen LogP contribution in [0.4, 0.5) is 24.9 Å². The van der Waals surface area contributed by atoms with E-state index in [0.717, 1.165) is 18.9 Å². The van der Waals surface area contributed by atoms with Gasteiger partial charge in [0.05, 0.1) is 12.8 Å². The van der Waals surface area contributed by atoms with Gasteiger partial charge in [-0.05, 0) is 25.0 Å². The third-order valence-corrected chi connectivity index (χ3v) is 3.21.